The van der Waals surface area contributed by atoms with Crippen LogP contribution in [0.1, 0.15) is 12.1 Å². The molecular formula is C11H17BrN2O2S. The molecular weight excluding hydrogens is 304 g/mol. The van der Waals surface area contributed by atoms with Gasteiger partial charge in [-0.15, -0.1) is 0 Å². The second-order valence-electron chi connectivity index (χ2n) is 3.75. The number of nitrogens with zero attached hydrogens (tertiary/aromatic N) is 2. The van der Waals surface area contributed by atoms with Gasteiger partial charge in [-0.05, 0) is 18.6 Å². The van der Waals surface area contributed by atoms with Crippen molar-refractivity contribution in [3.63, 3.8) is 0 Å². The third kappa shape index (κ3) is 5.14. The van der Waals surface area contributed by atoms with E-state index in [2.05, 4.69) is 20.9 Å². The van der Waals surface area contributed by atoms with Gasteiger partial charge in [0.1, 0.15) is 0 Å². The van der Waals surface area contributed by atoms with E-state index in [0.717, 1.165) is 17.4 Å². The van der Waals surface area contributed by atoms with Crippen LogP contribution in [0.3, 0.4) is 0 Å². The van der Waals surface area contributed by atoms with E-state index in [4.69, 9.17) is 0 Å². The third-order valence-corrected chi connectivity index (χ3v) is 4.84. The number of aryl methyl sites for hydroxylation is 1. The number of halogens is 1. The Morgan fingerprint density at radius 2 is 2.18 bits per heavy atom. The van der Waals surface area contributed by atoms with Crippen LogP contribution in [0.25, 0.3) is 0 Å². The van der Waals surface area contributed by atoms with E-state index >= 15 is 0 Å². The molecule has 0 aromatic carbocycles. The second-order valence-corrected chi connectivity index (χ2v) is 6.74. The largest absolute Gasteiger partial charge is 0.261 e. The zero-order valence-electron chi connectivity index (χ0n) is 9.84. The number of aromatic nitrogens is 1. The lowest BCUT2D eigenvalue weighted by Gasteiger charge is -2.16. The molecule has 0 atom stereocenters. The van der Waals surface area contributed by atoms with Gasteiger partial charge in [0.2, 0.25) is 10.0 Å². The average molecular weight is 321 g/mol. The maximum atomic E-state index is 11.9. The number of rotatable bonds is 7. The van der Waals surface area contributed by atoms with Gasteiger partial charge in [0.25, 0.3) is 0 Å². The Morgan fingerprint density at radius 3 is 2.76 bits per heavy atom. The van der Waals surface area contributed by atoms with Gasteiger partial charge in [0.15, 0.2) is 0 Å². The predicted octanol–water partition coefficient (Wildman–Crippen LogP) is 1.67. The fourth-order valence-corrected chi connectivity index (χ4v) is 2.79. The fraction of sp³-hybridized carbons (Fsp3) is 0.545. The maximum Gasteiger partial charge on any atom is 0.214 e. The van der Waals surface area contributed by atoms with E-state index < -0.39 is 10.0 Å². The van der Waals surface area contributed by atoms with Crippen molar-refractivity contribution in [2.75, 3.05) is 24.7 Å². The molecule has 1 aromatic heterocycles. The van der Waals surface area contributed by atoms with Crippen LogP contribution in [-0.4, -0.2) is 42.4 Å². The van der Waals surface area contributed by atoms with Gasteiger partial charge < -0.3 is 0 Å². The van der Waals surface area contributed by atoms with E-state index in [1.165, 1.54) is 4.31 Å². The van der Waals surface area contributed by atoms with Crippen molar-refractivity contribution in [1.82, 2.24) is 9.29 Å². The summed E-state index contributed by atoms with van der Waals surface area (Å²) in [5.41, 5.74) is 0.810. The molecule has 1 aromatic rings. The zero-order chi connectivity index (χ0) is 12.7. The van der Waals surface area contributed by atoms with Gasteiger partial charge in [-0.25, -0.2) is 12.7 Å². The first-order chi connectivity index (χ1) is 8.06. The lowest BCUT2D eigenvalue weighted by atomic mass is 10.3. The van der Waals surface area contributed by atoms with Crippen molar-refractivity contribution >= 4 is 26.0 Å². The van der Waals surface area contributed by atoms with Crippen molar-refractivity contribution in [3.8, 4) is 0 Å². The highest BCUT2D eigenvalue weighted by atomic mass is 79.9. The molecule has 0 amide bonds. The molecule has 0 saturated carbocycles. The number of alkyl halides is 1. The number of hydrogen-bond acceptors (Lipinski definition) is 3. The van der Waals surface area contributed by atoms with Gasteiger partial charge >= 0.3 is 0 Å². The Morgan fingerprint density at radius 1 is 1.41 bits per heavy atom. The Kier molecular flexibility index (Phi) is 6.08. The number of pyridine rings is 1. The van der Waals surface area contributed by atoms with E-state index in [1.54, 1.807) is 13.2 Å². The van der Waals surface area contributed by atoms with Crippen LogP contribution >= 0.6 is 15.9 Å². The summed E-state index contributed by atoms with van der Waals surface area (Å²) in [4.78, 5) is 4.11. The number of sulfonamides is 1. The number of hydrogen-bond donors (Lipinski definition) is 0. The van der Waals surface area contributed by atoms with Crippen LogP contribution in [0.5, 0.6) is 0 Å². The molecule has 17 heavy (non-hydrogen) atoms. The molecule has 0 aliphatic carbocycles. The van der Waals surface area contributed by atoms with Crippen molar-refractivity contribution in [1.29, 1.82) is 0 Å². The summed E-state index contributed by atoms with van der Waals surface area (Å²) in [6, 6.07) is 5.53. The highest BCUT2D eigenvalue weighted by Crippen LogP contribution is 2.04. The molecule has 0 saturated heterocycles. The smallest absolute Gasteiger partial charge is 0.214 e. The van der Waals surface area contributed by atoms with Crippen molar-refractivity contribution < 1.29 is 8.42 Å². The quantitative estimate of drug-likeness (QED) is 0.718. The summed E-state index contributed by atoms with van der Waals surface area (Å²) < 4.78 is 25.2. The van der Waals surface area contributed by atoms with E-state index in [-0.39, 0.29) is 5.75 Å². The Bertz CT molecular complexity index is 422. The lowest BCUT2D eigenvalue weighted by Crippen LogP contribution is -2.31. The summed E-state index contributed by atoms with van der Waals surface area (Å²) >= 11 is 3.29. The second kappa shape index (κ2) is 7.08. The first-order valence-corrected chi connectivity index (χ1v) is 8.19. The molecule has 0 fully saturated rings. The monoisotopic (exact) mass is 320 g/mol. The van der Waals surface area contributed by atoms with Gasteiger partial charge in [-0.3, -0.25) is 4.98 Å². The highest BCUT2D eigenvalue weighted by molar-refractivity contribution is 9.09. The first kappa shape index (κ1) is 14.6. The molecule has 0 unspecified atom stereocenters. The van der Waals surface area contributed by atoms with E-state index in [1.807, 2.05) is 18.2 Å². The maximum absolute atomic E-state index is 11.9. The molecule has 0 spiro atoms. The Hall–Kier alpha value is -0.460. The molecule has 1 rings (SSSR count). The summed E-state index contributed by atoms with van der Waals surface area (Å²) in [7, 11) is -1.54. The Labute approximate surface area is 111 Å². The lowest BCUT2D eigenvalue weighted by molar-refractivity contribution is 0.469. The molecule has 0 radical (unpaired) electrons. The minimum atomic E-state index is -3.16. The molecule has 0 bridgehead atoms. The minimum Gasteiger partial charge on any atom is -0.261 e. The standard InChI is InChI=1S/C11H17BrN2O2S/c1-14(9-4-7-12)17(15,16)10-6-11-5-2-3-8-13-11/h2-3,5,8H,4,6-7,9-10H2,1H3. The van der Waals surface area contributed by atoms with Gasteiger partial charge in [0, 0.05) is 37.2 Å². The van der Waals surface area contributed by atoms with Gasteiger partial charge in [-0.1, -0.05) is 22.0 Å². The van der Waals surface area contributed by atoms with Crippen LogP contribution < -0.4 is 0 Å². The van der Waals surface area contributed by atoms with Crippen LogP contribution in [0.15, 0.2) is 24.4 Å². The first-order valence-electron chi connectivity index (χ1n) is 5.46. The molecule has 0 aliphatic heterocycles. The fourth-order valence-electron chi connectivity index (χ4n) is 1.36. The van der Waals surface area contributed by atoms with Crippen LogP contribution in [0, 0.1) is 0 Å². The molecule has 96 valence electrons. The minimum absolute atomic E-state index is 0.114. The van der Waals surface area contributed by atoms with Gasteiger partial charge in [-0.2, -0.15) is 0 Å². The normalized spacial score (nSPS) is 11.9. The average Bonchev–Trinajstić information content (AvgIpc) is 2.35. The Balaban J connectivity index is 2.50. The van der Waals surface area contributed by atoms with Crippen molar-refractivity contribution in [2.45, 2.75) is 12.8 Å². The summed E-state index contributed by atoms with van der Waals surface area (Å²) in [5, 5.41) is 0.813. The molecule has 4 nitrogen and oxygen atoms in total. The molecule has 0 aliphatic rings. The van der Waals surface area contributed by atoms with Crippen LogP contribution in [0.4, 0.5) is 0 Å². The van der Waals surface area contributed by atoms with Crippen molar-refractivity contribution in [3.05, 3.63) is 30.1 Å². The summed E-state index contributed by atoms with van der Waals surface area (Å²) in [6.07, 6.45) is 2.96. The van der Waals surface area contributed by atoms with E-state index in [9.17, 15) is 8.42 Å². The topological polar surface area (TPSA) is 50.3 Å². The third-order valence-electron chi connectivity index (χ3n) is 2.42. The summed E-state index contributed by atoms with van der Waals surface area (Å²) in [5.74, 6) is 0.114. The van der Waals surface area contributed by atoms with Crippen LogP contribution in [0.2, 0.25) is 0 Å². The highest BCUT2D eigenvalue weighted by Gasteiger charge is 2.17. The van der Waals surface area contributed by atoms with E-state index in [0.29, 0.717) is 13.0 Å². The van der Waals surface area contributed by atoms with Crippen molar-refractivity contribution in [2.24, 2.45) is 0 Å². The predicted molar refractivity (Wildman–Crippen MR) is 72.8 cm³/mol. The van der Waals surface area contributed by atoms with Crippen LogP contribution in [-0.2, 0) is 16.4 Å². The zero-order valence-corrected chi connectivity index (χ0v) is 12.2. The molecule has 6 heteroatoms. The molecule has 1 heterocycles. The summed E-state index contributed by atoms with van der Waals surface area (Å²) in [6.45, 7) is 0.551. The molecule has 0 N–H and O–H groups in total. The van der Waals surface area contributed by atoms with Gasteiger partial charge in [0.05, 0.1) is 5.75 Å². The SMILES string of the molecule is CN(CCCBr)S(=O)(=O)CCc1ccccn1.